The van der Waals surface area contributed by atoms with Crippen molar-refractivity contribution in [2.75, 3.05) is 19.8 Å². The maximum Gasteiger partial charge on any atom is 0.302 e. The molecule has 0 saturated carbocycles. The Kier molecular flexibility index (Phi) is 9.74. The molecule has 0 aromatic heterocycles. The van der Waals surface area contributed by atoms with Crippen LogP contribution in [-0.4, -0.2) is 43.2 Å². The standard InChI is InChI=1S/C26H31NO6/c1-5-6-7-14-31-25-11-10-23-15-22(8-9-24(23)16-25)12-13-26(27-19(2)28,17-32-20(3)29)18-33-21(4)30/h8-11,15-16H,5-7,14,17-18H2,1-4H3,(H,27,28). The van der Waals surface area contributed by atoms with E-state index in [2.05, 4.69) is 24.1 Å². The lowest BCUT2D eigenvalue weighted by Crippen LogP contribution is -2.54. The second-order valence-electron chi connectivity index (χ2n) is 7.85. The second-order valence-corrected chi connectivity index (χ2v) is 7.85. The van der Waals surface area contributed by atoms with Crippen LogP contribution in [0.5, 0.6) is 5.75 Å². The van der Waals surface area contributed by atoms with Crippen molar-refractivity contribution in [2.24, 2.45) is 0 Å². The van der Waals surface area contributed by atoms with E-state index in [4.69, 9.17) is 14.2 Å². The summed E-state index contributed by atoms with van der Waals surface area (Å²) >= 11 is 0. The van der Waals surface area contributed by atoms with E-state index in [9.17, 15) is 14.4 Å². The molecule has 1 N–H and O–H groups in total. The van der Waals surface area contributed by atoms with Crippen LogP contribution in [0.1, 0.15) is 52.5 Å². The van der Waals surface area contributed by atoms with Gasteiger partial charge in [-0.1, -0.05) is 43.7 Å². The first-order valence-electron chi connectivity index (χ1n) is 11.0. The van der Waals surface area contributed by atoms with Crippen molar-refractivity contribution in [2.45, 2.75) is 52.5 Å². The summed E-state index contributed by atoms with van der Waals surface area (Å²) in [5.41, 5.74) is -0.673. The van der Waals surface area contributed by atoms with Gasteiger partial charge in [-0.15, -0.1) is 0 Å². The number of hydrogen-bond acceptors (Lipinski definition) is 6. The third-order valence-electron chi connectivity index (χ3n) is 4.73. The number of ether oxygens (including phenoxy) is 3. The van der Waals surface area contributed by atoms with E-state index in [1.165, 1.54) is 20.8 Å². The lowest BCUT2D eigenvalue weighted by atomic mass is 10.0. The summed E-state index contributed by atoms with van der Waals surface area (Å²) in [7, 11) is 0. The lowest BCUT2D eigenvalue weighted by Gasteiger charge is -2.28. The molecule has 0 aliphatic carbocycles. The van der Waals surface area contributed by atoms with Crippen LogP contribution < -0.4 is 10.1 Å². The molecule has 0 saturated heterocycles. The number of hydrogen-bond donors (Lipinski definition) is 1. The Balaban J connectivity index is 2.29. The van der Waals surface area contributed by atoms with Crippen LogP contribution in [0, 0.1) is 11.8 Å². The van der Waals surface area contributed by atoms with Crippen LogP contribution in [0.25, 0.3) is 10.8 Å². The van der Waals surface area contributed by atoms with Crippen molar-refractivity contribution in [1.82, 2.24) is 5.32 Å². The van der Waals surface area contributed by atoms with Crippen LogP contribution >= 0.6 is 0 Å². The number of amides is 1. The van der Waals surface area contributed by atoms with E-state index >= 15 is 0 Å². The van der Waals surface area contributed by atoms with Gasteiger partial charge in [0.25, 0.3) is 0 Å². The average molecular weight is 454 g/mol. The van der Waals surface area contributed by atoms with Crippen molar-refractivity contribution < 1.29 is 28.6 Å². The fraction of sp³-hybridized carbons (Fsp3) is 0.423. The Morgan fingerprint density at radius 2 is 1.55 bits per heavy atom. The molecule has 1 amide bonds. The minimum atomic E-state index is -1.37. The van der Waals surface area contributed by atoms with Gasteiger partial charge in [-0.05, 0) is 41.5 Å². The summed E-state index contributed by atoms with van der Waals surface area (Å²) in [5.74, 6) is 5.32. The van der Waals surface area contributed by atoms with Gasteiger partial charge in [0.05, 0.1) is 6.61 Å². The van der Waals surface area contributed by atoms with E-state index in [-0.39, 0.29) is 13.2 Å². The number of benzene rings is 2. The molecule has 176 valence electrons. The van der Waals surface area contributed by atoms with Gasteiger partial charge in [-0.3, -0.25) is 14.4 Å². The topological polar surface area (TPSA) is 90.9 Å². The molecule has 33 heavy (non-hydrogen) atoms. The summed E-state index contributed by atoms with van der Waals surface area (Å²) in [6.45, 7) is 6.16. The summed E-state index contributed by atoms with van der Waals surface area (Å²) in [6, 6.07) is 11.6. The maximum absolute atomic E-state index is 11.8. The normalized spacial score (nSPS) is 10.7. The van der Waals surface area contributed by atoms with Crippen LogP contribution in [0.2, 0.25) is 0 Å². The van der Waals surface area contributed by atoms with Crippen LogP contribution in [0.4, 0.5) is 0 Å². The predicted octanol–water partition coefficient (Wildman–Crippen LogP) is 3.76. The Labute approximate surface area is 194 Å². The van der Waals surface area contributed by atoms with Crippen molar-refractivity contribution in [3.63, 3.8) is 0 Å². The number of nitrogens with one attached hydrogen (secondary N) is 1. The molecule has 0 bridgehead atoms. The highest BCUT2D eigenvalue weighted by Gasteiger charge is 2.32. The van der Waals surface area contributed by atoms with Gasteiger partial charge >= 0.3 is 11.9 Å². The first-order chi connectivity index (χ1) is 15.7. The number of carbonyl (C=O) groups is 3. The molecule has 2 rings (SSSR count). The fourth-order valence-electron chi connectivity index (χ4n) is 3.13. The average Bonchev–Trinajstić information content (AvgIpc) is 2.77. The number of unbranched alkanes of at least 4 members (excludes halogenated alkanes) is 2. The highest BCUT2D eigenvalue weighted by Crippen LogP contribution is 2.22. The summed E-state index contributed by atoms with van der Waals surface area (Å²) in [6.07, 6.45) is 3.32. The molecule has 0 spiro atoms. The van der Waals surface area contributed by atoms with E-state index in [1.807, 2.05) is 36.4 Å². The lowest BCUT2D eigenvalue weighted by molar-refractivity contribution is -0.148. The molecule has 7 nitrogen and oxygen atoms in total. The smallest absolute Gasteiger partial charge is 0.302 e. The molecule has 0 atom stereocenters. The summed E-state index contributed by atoms with van der Waals surface area (Å²) < 4.78 is 16.0. The van der Waals surface area contributed by atoms with Crippen LogP contribution in [0.15, 0.2) is 36.4 Å². The molecule has 0 aliphatic heterocycles. The van der Waals surface area contributed by atoms with Gasteiger partial charge in [-0.25, -0.2) is 0 Å². The van der Waals surface area contributed by atoms with E-state index in [0.717, 1.165) is 35.8 Å². The minimum absolute atomic E-state index is 0.255. The first kappa shape index (κ1) is 25.7. The Morgan fingerprint density at radius 3 is 2.15 bits per heavy atom. The first-order valence-corrected chi connectivity index (χ1v) is 11.0. The molecular formula is C26H31NO6. The molecular weight excluding hydrogens is 422 g/mol. The number of carbonyl (C=O) groups excluding carboxylic acids is 3. The quantitative estimate of drug-likeness (QED) is 0.335. The van der Waals surface area contributed by atoms with Gasteiger partial charge in [-0.2, -0.15) is 0 Å². The molecule has 2 aromatic carbocycles. The molecule has 0 heterocycles. The molecule has 0 aliphatic rings. The Hall–Kier alpha value is -3.53. The molecule has 2 aromatic rings. The number of esters is 2. The highest BCUT2D eigenvalue weighted by atomic mass is 16.5. The third kappa shape index (κ3) is 8.85. The second kappa shape index (κ2) is 12.5. The Bertz CT molecular complexity index is 1030. The van der Waals surface area contributed by atoms with Gasteiger partial charge in [0.1, 0.15) is 19.0 Å². The van der Waals surface area contributed by atoms with Crippen LogP contribution in [0.3, 0.4) is 0 Å². The largest absolute Gasteiger partial charge is 0.494 e. The zero-order valence-electron chi connectivity index (χ0n) is 19.7. The molecule has 0 unspecified atom stereocenters. The predicted molar refractivity (Wildman–Crippen MR) is 126 cm³/mol. The van der Waals surface area contributed by atoms with Gasteiger partial charge in [0.15, 0.2) is 5.54 Å². The van der Waals surface area contributed by atoms with Crippen molar-refractivity contribution in [3.05, 3.63) is 42.0 Å². The summed E-state index contributed by atoms with van der Waals surface area (Å²) in [4.78, 5) is 34.5. The summed E-state index contributed by atoms with van der Waals surface area (Å²) in [5, 5.41) is 4.66. The van der Waals surface area contributed by atoms with E-state index in [0.29, 0.717) is 12.2 Å². The minimum Gasteiger partial charge on any atom is -0.494 e. The van der Waals surface area contributed by atoms with Gasteiger partial charge in [0.2, 0.25) is 5.91 Å². The zero-order valence-corrected chi connectivity index (χ0v) is 19.7. The molecule has 0 fully saturated rings. The van der Waals surface area contributed by atoms with E-state index < -0.39 is 23.4 Å². The maximum atomic E-state index is 11.8. The highest BCUT2D eigenvalue weighted by molar-refractivity contribution is 5.85. The third-order valence-corrected chi connectivity index (χ3v) is 4.73. The van der Waals surface area contributed by atoms with E-state index in [1.54, 1.807) is 0 Å². The number of fused-ring (bicyclic) bond motifs is 1. The Morgan fingerprint density at radius 1 is 0.909 bits per heavy atom. The number of rotatable bonds is 10. The fourth-order valence-corrected chi connectivity index (χ4v) is 3.13. The SMILES string of the molecule is CCCCCOc1ccc2cc(C#CC(COC(C)=O)(COC(C)=O)NC(C)=O)ccc2c1. The molecule has 7 heteroatoms. The van der Waals surface area contributed by atoms with Crippen LogP contribution in [-0.2, 0) is 23.9 Å². The van der Waals surface area contributed by atoms with Crippen molar-refractivity contribution in [1.29, 1.82) is 0 Å². The monoisotopic (exact) mass is 453 g/mol. The van der Waals surface area contributed by atoms with Crippen molar-refractivity contribution >= 4 is 28.6 Å². The zero-order chi connectivity index (χ0) is 24.3. The van der Waals surface area contributed by atoms with Crippen molar-refractivity contribution in [3.8, 4) is 17.6 Å². The van der Waals surface area contributed by atoms with Gasteiger partial charge in [0, 0.05) is 26.3 Å². The molecule has 0 radical (unpaired) electrons. The van der Waals surface area contributed by atoms with Gasteiger partial charge < -0.3 is 19.5 Å².